The molecule has 0 bridgehead atoms. The van der Waals surface area contributed by atoms with Crippen molar-refractivity contribution in [2.45, 2.75) is 59.6 Å². The average molecular weight is 244 g/mol. The fourth-order valence-corrected chi connectivity index (χ4v) is 1.02. The first kappa shape index (κ1) is 15.7. The van der Waals surface area contributed by atoms with E-state index in [2.05, 4.69) is 5.32 Å². The molecule has 0 fully saturated rings. The Hall–Kier alpha value is -1.26. The molecule has 0 rings (SSSR count). The lowest BCUT2D eigenvalue weighted by Gasteiger charge is -2.39. The molecule has 2 amide bonds. The SMILES string of the molecule is CC(C)(C)OC(=O)NC(C)(C)C(C)(C)C(N)=O. The van der Waals surface area contributed by atoms with Crippen LogP contribution in [0.15, 0.2) is 0 Å². The quantitative estimate of drug-likeness (QED) is 0.794. The summed E-state index contributed by atoms with van der Waals surface area (Å²) in [6, 6.07) is 0. The molecule has 0 aliphatic heterocycles. The summed E-state index contributed by atoms with van der Waals surface area (Å²) < 4.78 is 5.15. The Bertz CT molecular complexity index is 314. The van der Waals surface area contributed by atoms with Gasteiger partial charge in [0.2, 0.25) is 5.91 Å². The van der Waals surface area contributed by atoms with Gasteiger partial charge in [-0.25, -0.2) is 4.79 Å². The summed E-state index contributed by atoms with van der Waals surface area (Å²) in [6.45, 7) is 12.2. The van der Waals surface area contributed by atoms with E-state index in [1.165, 1.54) is 0 Å². The third-order valence-electron chi connectivity index (χ3n) is 2.99. The first-order valence-corrected chi connectivity index (χ1v) is 5.61. The van der Waals surface area contributed by atoms with Crippen molar-refractivity contribution < 1.29 is 14.3 Å². The molecule has 17 heavy (non-hydrogen) atoms. The molecule has 0 saturated heterocycles. The molecule has 100 valence electrons. The van der Waals surface area contributed by atoms with Crippen molar-refractivity contribution in [2.75, 3.05) is 0 Å². The molecule has 0 radical (unpaired) electrons. The van der Waals surface area contributed by atoms with Gasteiger partial charge in [-0.3, -0.25) is 4.79 Å². The Balaban J connectivity index is 4.78. The highest BCUT2D eigenvalue weighted by Gasteiger charge is 2.43. The number of hydrogen-bond donors (Lipinski definition) is 2. The Kier molecular flexibility index (Phi) is 4.21. The monoisotopic (exact) mass is 244 g/mol. The summed E-state index contributed by atoms with van der Waals surface area (Å²) >= 11 is 0. The van der Waals surface area contributed by atoms with Crippen LogP contribution in [-0.4, -0.2) is 23.1 Å². The van der Waals surface area contributed by atoms with Crippen molar-refractivity contribution in [3.05, 3.63) is 0 Å². The van der Waals surface area contributed by atoms with Gasteiger partial charge >= 0.3 is 6.09 Å². The number of carbonyl (C=O) groups excluding carboxylic acids is 2. The van der Waals surface area contributed by atoms with Crippen LogP contribution in [0, 0.1) is 5.41 Å². The molecule has 0 spiro atoms. The minimum absolute atomic E-state index is 0.474. The maximum atomic E-state index is 11.7. The zero-order chi connectivity index (χ0) is 14.1. The second-order valence-electron chi connectivity index (χ2n) is 6.24. The molecule has 0 unspecified atom stereocenters. The molecule has 5 heteroatoms. The minimum Gasteiger partial charge on any atom is -0.444 e. The zero-order valence-corrected chi connectivity index (χ0v) is 11.8. The Morgan fingerprint density at radius 1 is 1.00 bits per heavy atom. The van der Waals surface area contributed by atoms with Gasteiger partial charge in [-0.2, -0.15) is 0 Å². The van der Waals surface area contributed by atoms with E-state index < -0.39 is 28.6 Å². The highest BCUT2D eigenvalue weighted by Crippen LogP contribution is 2.30. The molecular formula is C12H24N2O3. The van der Waals surface area contributed by atoms with Gasteiger partial charge in [0, 0.05) is 0 Å². The lowest BCUT2D eigenvalue weighted by molar-refractivity contribution is -0.129. The molecular weight excluding hydrogens is 220 g/mol. The Morgan fingerprint density at radius 3 is 1.71 bits per heavy atom. The van der Waals surface area contributed by atoms with Gasteiger partial charge in [0.1, 0.15) is 5.60 Å². The number of hydrogen-bond acceptors (Lipinski definition) is 3. The summed E-state index contributed by atoms with van der Waals surface area (Å²) in [5.41, 5.74) is 3.09. The van der Waals surface area contributed by atoms with Crippen LogP contribution in [0.25, 0.3) is 0 Å². The van der Waals surface area contributed by atoms with E-state index in [9.17, 15) is 9.59 Å². The van der Waals surface area contributed by atoms with Crippen LogP contribution in [0.3, 0.4) is 0 Å². The largest absolute Gasteiger partial charge is 0.444 e. The van der Waals surface area contributed by atoms with E-state index in [-0.39, 0.29) is 0 Å². The second-order valence-corrected chi connectivity index (χ2v) is 6.24. The molecule has 0 aromatic heterocycles. The second kappa shape index (κ2) is 4.55. The molecule has 0 aromatic carbocycles. The molecule has 0 aliphatic carbocycles. The van der Waals surface area contributed by atoms with E-state index in [1.54, 1.807) is 48.5 Å². The van der Waals surface area contributed by atoms with Gasteiger partial charge in [-0.1, -0.05) is 0 Å². The number of alkyl carbamates (subject to hydrolysis) is 1. The first-order chi connectivity index (χ1) is 7.29. The summed E-state index contributed by atoms with van der Waals surface area (Å²) in [5.74, 6) is -0.474. The standard InChI is InChI=1S/C12H24N2O3/c1-10(2,3)17-9(16)14-12(6,7)11(4,5)8(13)15/h1-7H3,(H2,13,15)(H,14,16). The fraction of sp³-hybridized carbons (Fsp3) is 0.833. The van der Waals surface area contributed by atoms with Gasteiger partial charge in [0.25, 0.3) is 0 Å². The van der Waals surface area contributed by atoms with Gasteiger partial charge in [0.05, 0.1) is 11.0 Å². The predicted molar refractivity (Wildman–Crippen MR) is 66.4 cm³/mol. The van der Waals surface area contributed by atoms with Crippen molar-refractivity contribution in [3.8, 4) is 0 Å². The summed E-state index contributed by atoms with van der Waals surface area (Å²) in [7, 11) is 0. The molecule has 0 atom stereocenters. The number of primary amides is 1. The molecule has 0 saturated carbocycles. The maximum absolute atomic E-state index is 11.7. The number of nitrogens with two attached hydrogens (primary N) is 1. The van der Waals surface area contributed by atoms with Crippen LogP contribution < -0.4 is 11.1 Å². The third-order valence-corrected chi connectivity index (χ3v) is 2.99. The highest BCUT2D eigenvalue weighted by molar-refractivity contribution is 5.82. The van der Waals surface area contributed by atoms with Crippen LogP contribution in [-0.2, 0) is 9.53 Å². The van der Waals surface area contributed by atoms with Gasteiger partial charge in [-0.05, 0) is 48.5 Å². The lowest BCUT2D eigenvalue weighted by Crippen LogP contribution is -2.59. The number of ether oxygens (including phenoxy) is 1. The van der Waals surface area contributed by atoms with Crippen LogP contribution in [0.1, 0.15) is 48.5 Å². The van der Waals surface area contributed by atoms with E-state index in [4.69, 9.17) is 10.5 Å². The van der Waals surface area contributed by atoms with Crippen molar-refractivity contribution >= 4 is 12.0 Å². The number of nitrogens with one attached hydrogen (secondary N) is 1. The molecule has 0 aliphatic rings. The Morgan fingerprint density at radius 2 is 1.41 bits per heavy atom. The van der Waals surface area contributed by atoms with Crippen LogP contribution in [0.5, 0.6) is 0 Å². The van der Waals surface area contributed by atoms with Crippen LogP contribution in [0.4, 0.5) is 4.79 Å². The predicted octanol–water partition coefficient (Wildman–Crippen LogP) is 1.80. The number of carbonyl (C=O) groups is 2. The van der Waals surface area contributed by atoms with Crippen molar-refractivity contribution in [2.24, 2.45) is 11.1 Å². The maximum Gasteiger partial charge on any atom is 0.408 e. The molecule has 0 aromatic rings. The lowest BCUT2D eigenvalue weighted by atomic mass is 9.74. The molecule has 0 heterocycles. The molecule has 3 N–H and O–H groups in total. The highest BCUT2D eigenvalue weighted by atomic mass is 16.6. The van der Waals surface area contributed by atoms with Crippen molar-refractivity contribution in [3.63, 3.8) is 0 Å². The third kappa shape index (κ3) is 4.24. The van der Waals surface area contributed by atoms with Gasteiger partial charge in [0.15, 0.2) is 0 Å². The Labute approximate surface area is 103 Å². The van der Waals surface area contributed by atoms with Crippen molar-refractivity contribution in [1.82, 2.24) is 5.32 Å². The normalized spacial score (nSPS) is 13.1. The van der Waals surface area contributed by atoms with E-state index in [0.717, 1.165) is 0 Å². The fourth-order valence-electron chi connectivity index (χ4n) is 1.02. The zero-order valence-electron chi connectivity index (χ0n) is 11.8. The summed E-state index contributed by atoms with van der Waals surface area (Å²) in [6.07, 6.45) is -0.558. The first-order valence-electron chi connectivity index (χ1n) is 5.61. The number of amides is 2. The minimum atomic E-state index is -0.871. The summed E-state index contributed by atoms with van der Waals surface area (Å²) in [5, 5.41) is 2.67. The van der Waals surface area contributed by atoms with Gasteiger partial charge < -0.3 is 15.8 Å². The average Bonchev–Trinajstić information content (AvgIpc) is 1.97. The van der Waals surface area contributed by atoms with Gasteiger partial charge in [-0.15, -0.1) is 0 Å². The smallest absolute Gasteiger partial charge is 0.408 e. The topological polar surface area (TPSA) is 81.4 Å². The van der Waals surface area contributed by atoms with Crippen molar-refractivity contribution in [1.29, 1.82) is 0 Å². The summed E-state index contributed by atoms with van der Waals surface area (Å²) in [4.78, 5) is 23.0. The molecule has 5 nitrogen and oxygen atoms in total. The van der Waals surface area contributed by atoms with E-state index >= 15 is 0 Å². The van der Waals surface area contributed by atoms with E-state index in [1.807, 2.05) is 0 Å². The number of rotatable bonds is 3. The van der Waals surface area contributed by atoms with Crippen LogP contribution in [0.2, 0.25) is 0 Å². The van der Waals surface area contributed by atoms with E-state index in [0.29, 0.717) is 0 Å². The van der Waals surface area contributed by atoms with Crippen LogP contribution >= 0.6 is 0 Å².